The molecular weight excluding hydrogens is 522 g/mol. The van der Waals surface area contributed by atoms with Crippen LogP contribution in [0.4, 0.5) is 0 Å². The van der Waals surface area contributed by atoms with Crippen molar-refractivity contribution in [2.75, 3.05) is 26.2 Å². The smallest absolute Gasteiger partial charge is 0.220 e. The fourth-order valence-corrected chi connectivity index (χ4v) is 5.97. The zero-order chi connectivity index (χ0) is 28.1. The summed E-state index contributed by atoms with van der Waals surface area (Å²) in [4.78, 5) is 18.4. The van der Waals surface area contributed by atoms with Crippen LogP contribution < -0.4 is 15.2 Å². The predicted octanol–water partition coefficient (Wildman–Crippen LogP) is 4.94. The number of nitrogens with zero attached hydrogens (tertiary/aromatic N) is 4. The number of hydrogen-bond acceptors (Lipinski definition) is 7. The van der Waals surface area contributed by atoms with Gasteiger partial charge in [0, 0.05) is 57.2 Å². The van der Waals surface area contributed by atoms with Gasteiger partial charge in [0.15, 0.2) is 0 Å². The summed E-state index contributed by atoms with van der Waals surface area (Å²) in [5, 5.41) is 4.42. The van der Waals surface area contributed by atoms with Crippen molar-refractivity contribution in [2.45, 2.75) is 64.2 Å². The maximum absolute atomic E-state index is 11.5. The van der Waals surface area contributed by atoms with Gasteiger partial charge in [0.2, 0.25) is 11.8 Å². The highest BCUT2D eigenvalue weighted by molar-refractivity contribution is 6.76. The molecule has 1 unspecified atom stereocenters. The van der Waals surface area contributed by atoms with E-state index >= 15 is 0 Å². The highest BCUT2D eigenvalue weighted by Crippen LogP contribution is 2.34. The molecule has 2 N–H and O–H groups in total. The quantitative estimate of drug-likeness (QED) is 0.260. The fourth-order valence-electron chi connectivity index (χ4n) is 5.21. The van der Waals surface area contributed by atoms with Gasteiger partial charge in [-0.3, -0.25) is 9.69 Å². The van der Waals surface area contributed by atoms with Crippen LogP contribution in [0.25, 0.3) is 11.3 Å². The van der Waals surface area contributed by atoms with E-state index in [4.69, 9.17) is 19.9 Å². The third-order valence-electron chi connectivity index (χ3n) is 7.70. The molecule has 0 bridgehead atoms. The second-order valence-corrected chi connectivity index (χ2v) is 17.7. The average Bonchev–Trinajstić information content (AvgIpc) is 3.40. The maximum atomic E-state index is 11.5. The first-order valence-corrected chi connectivity index (χ1v) is 18.0. The van der Waals surface area contributed by atoms with Crippen LogP contribution in [-0.4, -0.2) is 66.0 Å². The predicted molar refractivity (Wildman–Crippen MR) is 157 cm³/mol. The van der Waals surface area contributed by atoms with E-state index in [1.54, 1.807) is 12.4 Å². The maximum Gasteiger partial charge on any atom is 0.220 e. The molecule has 0 spiro atoms. The van der Waals surface area contributed by atoms with Crippen LogP contribution in [0.2, 0.25) is 25.7 Å². The number of hydrogen-bond donors (Lipinski definition) is 1. The van der Waals surface area contributed by atoms with Gasteiger partial charge in [0.1, 0.15) is 24.3 Å². The number of primary amides is 1. The van der Waals surface area contributed by atoms with Crippen molar-refractivity contribution >= 4 is 14.0 Å². The van der Waals surface area contributed by atoms with Gasteiger partial charge in [-0.1, -0.05) is 25.7 Å². The standard InChI is InChI=1S/C30H41N5O4Si/c1-40(2,3)17-16-37-21-35-27(10-13-33-35)24-6-9-29(32-19-24)39-25-7-4-22-5-8-26(38-28(22)18-25)20-34-14-11-23(12-15-34)30(31)36/h4,6-7,9-10,13,18-19,23,26H,5,8,11-12,14-17,20-21H2,1-3H3,(H2,31,36). The molecule has 1 amide bonds. The molecule has 1 aromatic carbocycles. The molecular formula is C30H41N5O4Si. The average molecular weight is 564 g/mol. The van der Waals surface area contributed by atoms with E-state index in [1.165, 1.54) is 5.56 Å². The molecule has 214 valence electrons. The molecule has 5 rings (SSSR count). The summed E-state index contributed by atoms with van der Waals surface area (Å²) in [6.07, 6.45) is 7.32. The van der Waals surface area contributed by atoms with Crippen molar-refractivity contribution in [1.82, 2.24) is 19.7 Å². The van der Waals surface area contributed by atoms with Gasteiger partial charge < -0.3 is 19.9 Å². The number of aryl methyl sites for hydroxylation is 1. The summed E-state index contributed by atoms with van der Waals surface area (Å²) >= 11 is 0. The molecule has 1 fully saturated rings. The lowest BCUT2D eigenvalue weighted by Crippen LogP contribution is -2.43. The van der Waals surface area contributed by atoms with Crippen molar-refractivity contribution in [3.8, 4) is 28.6 Å². The molecule has 0 aliphatic carbocycles. The van der Waals surface area contributed by atoms with Gasteiger partial charge in [-0.15, -0.1) is 0 Å². The lowest BCUT2D eigenvalue weighted by molar-refractivity contribution is -0.123. The van der Waals surface area contributed by atoms with Crippen molar-refractivity contribution in [1.29, 1.82) is 0 Å². The number of nitrogens with two attached hydrogens (primary N) is 1. The van der Waals surface area contributed by atoms with E-state index in [1.807, 2.05) is 35.0 Å². The van der Waals surface area contributed by atoms with Crippen LogP contribution >= 0.6 is 0 Å². The summed E-state index contributed by atoms with van der Waals surface area (Å²) in [5.74, 6) is 1.92. The fraction of sp³-hybridized carbons (Fsp3) is 0.500. The van der Waals surface area contributed by atoms with E-state index in [0.29, 0.717) is 18.4 Å². The SMILES string of the molecule is C[Si](C)(C)CCOCn1nccc1-c1ccc(Oc2ccc3c(c2)OC(CN2CCC(C(N)=O)CC2)CC3)nc1. The van der Waals surface area contributed by atoms with E-state index in [0.717, 1.165) is 75.0 Å². The normalized spacial score (nSPS) is 18.2. The molecule has 40 heavy (non-hydrogen) atoms. The molecule has 2 aliphatic heterocycles. The van der Waals surface area contributed by atoms with Gasteiger partial charge in [0.25, 0.3) is 0 Å². The second-order valence-electron chi connectivity index (χ2n) is 12.1. The Morgan fingerprint density at radius 2 is 1.95 bits per heavy atom. The minimum Gasteiger partial charge on any atom is -0.489 e. The molecule has 1 saturated heterocycles. The minimum absolute atomic E-state index is 0.00688. The van der Waals surface area contributed by atoms with Crippen molar-refractivity contribution in [3.05, 3.63) is 54.4 Å². The minimum atomic E-state index is -1.12. The van der Waals surface area contributed by atoms with Gasteiger partial charge in [-0.2, -0.15) is 5.10 Å². The van der Waals surface area contributed by atoms with Crippen molar-refractivity contribution < 1.29 is 19.0 Å². The molecule has 2 aliphatic rings. The number of pyridine rings is 1. The highest BCUT2D eigenvalue weighted by Gasteiger charge is 2.27. The summed E-state index contributed by atoms with van der Waals surface area (Å²) in [6.45, 7) is 10.8. The number of amides is 1. The first kappa shape index (κ1) is 28.3. The highest BCUT2D eigenvalue weighted by atomic mass is 28.3. The molecule has 4 heterocycles. The van der Waals surface area contributed by atoms with Gasteiger partial charge in [-0.25, -0.2) is 9.67 Å². The Kier molecular flexibility index (Phi) is 8.87. The number of piperidine rings is 1. The van der Waals surface area contributed by atoms with E-state index in [2.05, 4.69) is 40.7 Å². The third kappa shape index (κ3) is 7.50. The lowest BCUT2D eigenvalue weighted by atomic mass is 9.95. The molecule has 9 nitrogen and oxygen atoms in total. The Labute approximate surface area is 237 Å². The van der Waals surface area contributed by atoms with Crippen molar-refractivity contribution in [3.63, 3.8) is 0 Å². The molecule has 2 aromatic heterocycles. The summed E-state index contributed by atoms with van der Waals surface area (Å²) in [5.41, 5.74) is 8.59. The van der Waals surface area contributed by atoms with Crippen molar-refractivity contribution in [2.24, 2.45) is 11.7 Å². The Hall–Kier alpha value is -3.21. The third-order valence-corrected chi connectivity index (χ3v) is 9.40. The van der Waals surface area contributed by atoms with Crippen LogP contribution in [0.5, 0.6) is 17.4 Å². The topological polar surface area (TPSA) is 105 Å². The number of carbonyl (C=O) groups is 1. The number of ether oxygens (including phenoxy) is 3. The second kappa shape index (κ2) is 12.5. The van der Waals surface area contributed by atoms with Gasteiger partial charge >= 0.3 is 0 Å². The summed E-state index contributed by atoms with van der Waals surface area (Å²) in [7, 11) is -1.12. The van der Waals surface area contributed by atoms with Gasteiger partial charge in [0.05, 0.1) is 5.69 Å². The molecule has 0 radical (unpaired) electrons. The number of rotatable bonds is 11. The first-order chi connectivity index (χ1) is 19.2. The number of likely N-dealkylation sites (tertiary alicyclic amines) is 1. The van der Waals surface area contributed by atoms with Crippen LogP contribution in [0.15, 0.2) is 48.8 Å². The number of benzene rings is 1. The Morgan fingerprint density at radius 1 is 1.12 bits per heavy atom. The van der Waals surface area contributed by atoms with Crippen LogP contribution in [0, 0.1) is 5.92 Å². The van der Waals surface area contributed by atoms with E-state index < -0.39 is 8.07 Å². The molecule has 10 heteroatoms. The zero-order valence-electron chi connectivity index (χ0n) is 23.8. The molecule has 3 aromatic rings. The van der Waals surface area contributed by atoms with Gasteiger partial charge in [-0.05, 0) is 68.6 Å². The summed E-state index contributed by atoms with van der Waals surface area (Å²) in [6, 6.07) is 13.0. The van der Waals surface area contributed by atoms with Crippen LogP contribution in [0.1, 0.15) is 24.8 Å². The summed E-state index contributed by atoms with van der Waals surface area (Å²) < 4.78 is 20.2. The Balaban J connectivity index is 1.15. The lowest BCUT2D eigenvalue weighted by Gasteiger charge is -2.35. The Bertz CT molecular complexity index is 1280. The Morgan fingerprint density at radius 3 is 2.67 bits per heavy atom. The van der Waals surface area contributed by atoms with E-state index in [9.17, 15) is 4.79 Å². The number of aromatic nitrogens is 3. The molecule has 1 atom stereocenters. The van der Waals surface area contributed by atoms with Crippen LogP contribution in [0.3, 0.4) is 0 Å². The number of fused-ring (bicyclic) bond motifs is 1. The molecule has 0 saturated carbocycles. The van der Waals surface area contributed by atoms with E-state index in [-0.39, 0.29) is 17.9 Å². The zero-order valence-corrected chi connectivity index (χ0v) is 24.8. The largest absolute Gasteiger partial charge is 0.489 e. The van der Waals surface area contributed by atoms with Crippen LogP contribution in [-0.2, 0) is 22.7 Å². The number of carbonyl (C=O) groups excluding carboxylic acids is 1. The first-order valence-electron chi connectivity index (χ1n) is 14.3. The monoisotopic (exact) mass is 563 g/mol.